The monoisotopic (exact) mass is 1210 g/mol. The number of thioether (sulfide) groups is 1. The zero-order valence-corrected chi connectivity index (χ0v) is 58.0. The number of ketones is 6. The molecule has 85 heavy (non-hydrogen) atoms. The molecule has 0 bridgehead atoms. The van der Waals surface area contributed by atoms with Gasteiger partial charge in [-0.1, -0.05) is 168 Å². The van der Waals surface area contributed by atoms with Crippen LogP contribution in [0.25, 0.3) is 0 Å². The van der Waals surface area contributed by atoms with Gasteiger partial charge < -0.3 is 10.5 Å². The quantitative estimate of drug-likeness (QED) is 0.0484. The van der Waals surface area contributed by atoms with E-state index in [-0.39, 0.29) is 76.9 Å². The first kappa shape index (κ1) is 82.8. The Morgan fingerprint density at radius 1 is 0.494 bits per heavy atom. The lowest BCUT2D eigenvalue weighted by molar-refractivity contribution is -0.138. The van der Waals surface area contributed by atoms with Gasteiger partial charge in [-0.05, 0) is 75.0 Å². The average molecular weight is 1220 g/mol. The number of hydrogen-bond donors (Lipinski definition) is 1. The second-order valence-corrected chi connectivity index (χ2v) is 27.8. The van der Waals surface area contributed by atoms with E-state index in [0.717, 1.165) is 101 Å². The number of Topliss-reactive ketones (excluding diaryl/α,β-unsaturated/α-hetero) is 6. The van der Waals surface area contributed by atoms with Gasteiger partial charge in [-0.3, -0.25) is 52.6 Å². The van der Waals surface area contributed by atoms with Crippen LogP contribution in [0.1, 0.15) is 246 Å². The fourth-order valence-corrected chi connectivity index (χ4v) is 8.99. The molecule has 2 N–H and O–H groups in total. The molecule has 1 aliphatic rings. The third kappa shape index (κ3) is 43.1. The minimum Gasteiger partial charge on any atom is -0.381 e. The number of imide groups is 1. The molecule has 0 aromatic carbocycles. The summed E-state index contributed by atoms with van der Waals surface area (Å²) in [5.74, 6) is 4.76. The van der Waals surface area contributed by atoms with Gasteiger partial charge in [0.2, 0.25) is 11.8 Å². The molecule has 0 saturated carbocycles. The van der Waals surface area contributed by atoms with E-state index in [9.17, 15) is 38.4 Å². The van der Waals surface area contributed by atoms with Crippen LogP contribution < -0.4 is 5.73 Å². The van der Waals surface area contributed by atoms with Crippen LogP contribution >= 0.6 is 11.8 Å². The third-order valence-electron chi connectivity index (χ3n) is 14.1. The van der Waals surface area contributed by atoms with E-state index in [0.29, 0.717) is 67.8 Å². The van der Waals surface area contributed by atoms with Crippen molar-refractivity contribution < 1.29 is 43.1 Å². The fraction of sp³-hybridized carbons (Fsp3) is 0.821. The first-order chi connectivity index (χ1) is 39.7. The minimum atomic E-state index is -0.601. The number of carbonyl (C=O) groups excluding carboxylic acids is 8. The van der Waals surface area contributed by atoms with Crippen LogP contribution in [-0.2, 0) is 69.0 Å². The van der Waals surface area contributed by atoms with E-state index in [2.05, 4.69) is 76.0 Å². The normalized spacial score (nSPS) is 13.6. The van der Waals surface area contributed by atoms with Crippen LogP contribution in [0.15, 0.2) is 12.4 Å². The van der Waals surface area contributed by atoms with Crippen molar-refractivity contribution in [1.29, 1.82) is 0 Å². The lowest BCUT2D eigenvalue weighted by atomic mass is 10.0. The van der Waals surface area contributed by atoms with Crippen molar-refractivity contribution in [3.8, 4) is 0 Å². The minimum absolute atomic E-state index is 0.0259. The summed E-state index contributed by atoms with van der Waals surface area (Å²) in [6.07, 6.45) is 18.0. The summed E-state index contributed by atoms with van der Waals surface area (Å²) in [6.45, 7) is 44.2. The highest BCUT2D eigenvalue weighted by Gasteiger charge is 2.39. The van der Waals surface area contributed by atoms with E-state index >= 15 is 0 Å². The molecule has 1 fully saturated rings. The van der Waals surface area contributed by atoms with Gasteiger partial charge in [0.25, 0.3) is 0 Å². The Hall–Kier alpha value is -4.29. The number of nitrogens with zero attached hydrogens (tertiary/aromatic N) is 7. The molecule has 1 saturated heterocycles. The highest BCUT2D eigenvalue weighted by molar-refractivity contribution is 8.00. The molecular formula is C67H122N8O9S. The van der Waals surface area contributed by atoms with Gasteiger partial charge >= 0.3 is 0 Å². The summed E-state index contributed by atoms with van der Waals surface area (Å²) in [4.78, 5) is 94.7. The number of hydrogen-bond acceptors (Lipinski definition) is 15. The molecule has 0 radical (unpaired) electrons. The van der Waals surface area contributed by atoms with Crippen molar-refractivity contribution in [3.63, 3.8) is 0 Å². The van der Waals surface area contributed by atoms with Gasteiger partial charge in [-0.25, -0.2) is 0 Å². The van der Waals surface area contributed by atoms with E-state index in [1.165, 1.54) is 35.9 Å². The number of aromatic nitrogens is 6. The first-order valence-corrected chi connectivity index (χ1v) is 33.5. The number of likely N-dealkylation sites (tertiary alicyclic amines) is 1. The maximum Gasteiger partial charge on any atom is 0.242 e. The number of ether oxygens (including phenoxy) is 1. The van der Waals surface area contributed by atoms with Gasteiger partial charge in [-0.15, -0.1) is 22.0 Å². The molecule has 3 rings (SSSR count). The molecule has 2 unspecified atom stereocenters. The Balaban J connectivity index is 0. The Bertz CT molecular complexity index is 2110. The molecule has 1 aliphatic heterocycles. The van der Waals surface area contributed by atoms with E-state index < -0.39 is 11.3 Å². The van der Waals surface area contributed by atoms with Gasteiger partial charge in [0, 0.05) is 112 Å². The van der Waals surface area contributed by atoms with Crippen molar-refractivity contribution in [2.24, 2.45) is 64.9 Å². The van der Waals surface area contributed by atoms with E-state index in [4.69, 9.17) is 10.5 Å². The SMILES string of the molecule is CC(C)C(=O)CCCCCN1C(=O)CC(SCC(N)C(=O)C(C)C)C1=O.CC(C)CCCCC(=O)C(C)C.CC(C)CCCOCCCC(=O)C(C)C.CC(C)CCn1cc(CC(=O)C(C)C)nn1.CC(C)CCn1cc(CC(=O)C(C)C)nn1. The highest BCUT2D eigenvalue weighted by Crippen LogP contribution is 2.26. The Labute approximate surface area is 520 Å². The van der Waals surface area contributed by atoms with Crippen LogP contribution in [0, 0.1) is 59.2 Å². The second kappa shape index (κ2) is 47.7. The van der Waals surface area contributed by atoms with Gasteiger partial charge in [0.1, 0.15) is 28.9 Å². The molecule has 2 atom stereocenters. The average Bonchev–Trinajstić information content (AvgIpc) is 4.34. The van der Waals surface area contributed by atoms with Gasteiger partial charge in [0.15, 0.2) is 5.78 Å². The van der Waals surface area contributed by atoms with Crippen LogP contribution in [0.5, 0.6) is 0 Å². The zero-order valence-electron chi connectivity index (χ0n) is 57.1. The van der Waals surface area contributed by atoms with Crippen molar-refractivity contribution in [3.05, 3.63) is 23.8 Å². The molecule has 0 spiro atoms. The molecule has 0 aliphatic carbocycles. The molecule has 2 amide bonds. The Kier molecular flexibility index (Phi) is 46.5. The van der Waals surface area contributed by atoms with Gasteiger partial charge in [0.05, 0.1) is 35.5 Å². The number of unbranched alkanes of at least 4 members (excludes halogenated alkanes) is 3. The maximum atomic E-state index is 12.4. The first-order valence-electron chi connectivity index (χ1n) is 32.4. The molecule has 18 heteroatoms. The van der Waals surface area contributed by atoms with Crippen LogP contribution in [0.2, 0.25) is 0 Å². The Morgan fingerprint density at radius 3 is 1.28 bits per heavy atom. The van der Waals surface area contributed by atoms with Crippen LogP contribution in [0.4, 0.5) is 0 Å². The largest absolute Gasteiger partial charge is 0.381 e. The summed E-state index contributed by atoms with van der Waals surface area (Å²) in [5.41, 5.74) is 7.42. The third-order valence-corrected chi connectivity index (χ3v) is 15.5. The smallest absolute Gasteiger partial charge is 0.242 e. The molecule has 2 aromatic rings. The number of carbonyl (C=O) groups is 8. The number of nitrogens with two attached hydrogens (primary N) is 1. The van der Waals surface area contributed by atoms with Crippen molar-refractivity contribution in [2.75, 3.05) is 25.5 Å². The summed E-state index contributed by atoms with van der Waals surface area (Å²) in [5, 5.41) is 15.6. The molecule has 3 heterocycles. The zero-order chi connectivity index (χ0) is 65.4. The highest BCUT2D eigenvalue weighted by atomic mass is 32.2. The molecular weight excluding hydrogens is 1090 g/mol. The maximum absolute atomic E-state index is 12.4. The number of rotatable bonds is 39. The van der Waals surface area contributed by atoms with E-state index in [1.807, 2.05) is 91.0 Å². The van der Waals surface area contributed by atoms with Crippen molar-refractivity contribution in [2.45, 2.75) is 272 Å². The predicted octanol–water partition coefficient (Wildman–Crippen LogP) is 13.2. The lowest BCUT2D eigenvalue weighted by Gasteiger charge is -2.16. The van der Waals surface area contributed by atoms with Crippen molar-refractivity contribution >= 4 is 58.3 Å². The fourth-order valence-electron chi connectivity index (χ4n) is 7.86. The summed E-state index contributed by atoms with van der Waals surface area (Å²) in [6, 6.07) is -0.601. The summed E-state index contributed by atoms with van der Waals surface area (Å²) < 4.78 is 9.11. The standard InChI is InChI=1S/C19H32N2O4S.C13H26O2.2C12H21N3O.C11H22O/c1-12(2)15(22)8-6-5-7-9-21-17(23)10-16(19(21)25)26-11-14(20)18(24)13(3)4;1-11(2)7-5-9-15-10-6-8-13(14)12(3)4;2*1-9(2)5-6-15-8-11(13-14-15)7-12(16)10(3)4;1-9(2)7-5-6-8-11(12)10(3)4/h12-14,16H,5-11,20H2,1-4H3;11-12H,5-10H2,1-4H3;2*8-10H,5-7H2,1-4H3;9-10H,5-8H2,1-4H3. The summed E-state index contributed by atoms with van der Waals surface area (Å²) in [7, 11) is 0. The van der Waals surface area contributed by atoms with Gasteiger partial charge in [-0.2, -0.15) is 0 Å². The predicted molar refractivity (Wildman–Crippen MR) is 347 cm³/mol. The second-order valence-electron chi connectivity index (χ2n) is 26.5. The Morgan fingerprint density at radius 2 is 0.882 bits per heavy atom. The lowest BCUT2D eigenvalue weighted by Crippen LogP contribution is -2.37. The summed E-state index contributed by atoms with van der Waals surface area (Å²) >= 11 is 1.30. The molecule has 2 aromatic heterocycles. The number of aryl methyl sites for hydroxylation is 2. The molecule has 17 nitrogen and oxygen atoms in total. The van der Waals surface area contributed by atoms with Crippen LogP contribution in [0.3, 0.4) is 0 Å². The van der Waals surface area contributed by atoms with Crippen molar-refractivity contribution in [1.82, 2.24) is 34.9 Å². The number of amides is 2. The van der Waals surface area contributed by atoms with Crippen LogP contribution in [-0.4, -0.2) is 118 Å². The topological polar surface area (TPSA) is 236 Å². The van der Waals surface area contributed by atoms with E-state index in [1.54, 1.807) is 13.8 Å². The molecule has 490 valence electrons.